The number of aryl methyl sites for hydroxylation is 1. The molecule has 1 amide bonds. The van der Waals surface area contributed by atoms with Crippen LogP contribution in [0.2, 0.25) is 0 Å². The first kappa shape index (κ1) is 21.4. The van der Waals surface area contributed by atoms with Crippen LogP contribution in [0.5, 0.6) is 0 Å². The fourth-order valence-electron chi connectivity index (χ4n) is 3.50. The number of rotatable bonds is 7. The van der Waals surface area contributed by atoms with E-state index in [1.807, 2.05) is 12.1 Å². The Morgan fingerprint density at radius 2 is 2.04 bits per heavy atom. The molecule has 1 aromatic heterocycles. The summed E-state index contributed by atoms with van der Waals surface area (Å²) >= 11 is 0. The molecule has 6 nitrogen and oxygen atoms in total. The SMILES string of the molecule is CC(C)c1ccc(-c2noc(CCC(=O)NC3CCCC3CN)n2)cc1.Cl. The summed E-state index contributed by atoms with van der Waals surface area (Å²) in [5.41, 5.74) is 7.96. The maximum absolute atomic E-state index is 12.2. The monoisotopic (exact) mass is 392 g/mol. The quantitative estimate of drug-likeness (QED) is 0.752. The molecule has 1 heterocycles. The van der Waals surface area contributed by atoms with E-state index in [1.165, 1.54) is 5.56 Å². The Kier molecular flexibility index (Phi) is 7.80. The van der Waals surface area contributed by atoms with Crippen LogP contribution in [0.3, 0.4) is 0 Å². The number of carbonyl (C=O) groups is 1. The number of halogens is 1. The third-order valence-electron chi connectivity index (χ3n) is 5.18. The standard InChI is InChI=1S/C20H28N4O2.ClH/c1-13(2)14-6-8-15(9-7-14)20-23-19(26-24-20)11-10-18(25)22-17-5-3-4-16(17)12-21;/h6-9,13,16-17H,3-5,10-12,21H2,1-2H3,(H,22,25);1H. The smallest absolute Gasteiger partial charge is 0.227 e. The lowest BCUT2D eigenvalue weighted by Crippen LogP contribution is -2.39. The van der Waals surface area contributed by atoms with Gasteiger partial charge in [-0.1, -0.05) is 49.7 Å². The summed E-state index contributed by atoms with van der Waals surface area (Å²) < 4.78 is 5.30. The molecule has 3 rings (SSSR count). The Morgan fingerprint density at radius 1 is 1.30 bits per heavy atom. The van der Waals surface area contributed by atoms with Gasteiger partial charge in [-0.3, -0.25) is 4.79 Å². The predicted molar refractivity (Wildman–Crippen MR) is 108 cm³/mol. The number of carbonyl (C=O) groups excluding carboxylic acids is 1. The molecule has 0 spiro atoms. The van der Waals surface area contributed by atoms with Crippen molar-refractivity contribution in [2.24, 2.45) is 11.7 Å². The van der Waals surface area contributed by atoms with Gasteiger partial charge >= 0.3 is 0 Å². The lowest BCUT2D eigenvalue weighted by molar-refractivity contribution is -0.122. The van der Waals surface area contributed by atoms with Gasteiger partial charge in [0.15, 0.2) is 0 Å². The van der Waals surface area contributed by atoms with E-state index in [9.17, 15) is 4.79 Å². The summed E-state index contributed by atoms with van der Waals surface area (Å²) in [4.78, 5) is 16.6. The van der Waals surface area contributed by atoms with E-state index >= 15 is 0 Å². The fourth-order valence-corrected chi connectivity index (χ4v) is 3.50. The average molecular weight is 393 g/mol. The van der Waals surface area contributed by atoms with Crippen molar-refractivity contribution in [3.8, 4) is 11.4 Å². The van der Waals surface area contributed by atoms with Crippen molar-refractivity contribution < 1.29 is 9.32 Å². The van der Waals surface area contributed by atoms with Crippen molar-refractivity contribution in [3.63, 3.8) is 0 Å². The maximum Gasteiger partial charge on any atom is 0.227 e. The molecule has 0 saturated heterocycles. The molecule has 148 valence electrons. The van der Waals surface area contributed by atoms with Crippen molar-refractivity contribution in [1.82, 2.24) is 15.5 Å². The molecule has 7 heteroatoms. The molecule has 2 unspecified atom stereocenters. The molecule has 1 aliphatic carbocycles. The summed E-state index contributed by atoms with van der Waals surface area (Å²) in [6.07, 6.45) is 4.05. The van der Waals surface area contributed by atoms with Gasteiger partial charge in [0.2, 0.25) is 17.6 Å². The highest BCUT2D eigenvalue weighted by atomic mass is 35.5. The van der Waals surface area contributed by atoms with Gasteiger partial charge < -0.3 is 15.6 Å². The van der Waals surface area contributed by atoms with Gasteiger partial charge in [0, 0.05) is 24.4 Å². The minimum Gasteiger partial charge on any atom is -0.353 e. The van der Waals surface area contributed by atoms with Crippen molar-refractivity contribution >= 4 is 18.3 Å². The predicted octanol–water partition coefficient (Wildman–Crippen LogP) is 3.46. The first-order valence-corrected chi connectivity index (χ1v) is 9.49. The Morgan fingerprint density at radius 3 is 2.70 bits per heavy atom. The second-order valence-corrected chi connectivity index (χ2v) is 7.39. The normalized spacial score (nSPS) is 19.1. The van der Waals surface area contributed by atoms with E-state index in [0.717, 1.165) is 24.8 Å². The minimum atomic E-state index is 0. The Bertz CT molecular complexity index is 730. The molecule has 2 atom stereocenters. The van der Waals surface area contributed by atoms with Crippen molar-refractivity contribution in [1.29, 1.82) is 0 Å². The van der Waals surface area contributed by atoms with E-state index < -0.39 is 0 Å². The number of nitrogens with zero attached hydrogens (tertiary/aromatic N) is 2. The molecule has 0 bridgehead atoms. The molecule has 27 heavy (non-hydrogen) atoms. The third kappa shape index (κ3) is 5.53. The molecule has 3 N–H and O–H groups in total. The number of benzene rings is 1. The van der Waals surface area contributed by atoms with Crippen LogP contribution in [0, 0.1) is 5.92 Å². The summed E-state index contributed by atoms with van der Waals surface area (Å²) in [5.74, 6) is 1.97. The second-order valence-electron chi connectivity index (χ2n) is 7.39. The van der Waals surface area contributed by atoms with Gasteiger partial charge in [-0.05, 0) is 36.8 Å². The summed E-state index contributed by atoms with van der Waals surface area (Å²) in [6, 6.07) is 8.39. The Balaban J connectivity index is 0.00000261. The Labute approximate surface area is 166 Å². The van der Waals surface area contributed by atoms with E-state index in [-0.39, 0.29) is 24.4 Å². The number of amides is 1. The van der Waals surface area contributed by atoms with Crippen molar-refractivity contribution in [2.75, 3.05) is 6.54 Å². The lowest BCUT2D eigenvalue weighted by atomic mass is 10.0. The van der Waals surface area contributed by atoms with Crippen LogP contribution >= 0.6 is 12.4 Å². The maximum atomic E-state index is 12.2. The first-order valence-electron chi connectivity index (χ1n) is 9.49. The molecule has 0 aliphatic heterocycles. The number of aromatic nitrogens is 2. The van der Waals surface area contributed by atoms with Crippen LogP contribution in [-0.4, -0.2) is 28.6 Å². The van der Waals surface area contributed by atoms with Gasteiger partial charge in [0.25, 0.3) is 0 Å². The number of hydrogen-bond donors (Lipinski definition) is 2. The number of nitrogens with one attached hydrogen (secondary N) is 1. The average Bonchev–Trinajstić information content (AvgIpc) is 3.29. The summed E-state index contributed by atoms with van der Waals surface area (Å²) in [5, 5.41) is 7.13. The molecule has 0 radical (unpaired) electrons. The fraction of sp³-hybridized carbons (Fsp3) is 0.550. The molecular weight excluding hydrogens is 364 g/mol. The first-order chi connectivity index (χ1) is 12.6. The summed E-state index contributed by atoms with van der Waals surface area (Å²) in [7, 11) is 0. The van der Waals surface area contributed by atoms with Gasteiger partial charge in [0.05, 0.1) is 0 Å². The minimum absolute atomic E-state index is 0. The van der Waals surface area contributed by atoms with Gasteiger partial charge in [-0.15, -0.1) is 12.4 Å². The van der Waals surface area contributed by atoms with E-state index in [0.29, 0.717) is 42.9 Å². The van der Waals surface area contributed by atoms with Gasteiger partial charge in [-0.25, -0.2) is 0 Å². The van der Waals surface area contributed by atoms with Gasteiger partial charge in [-0.2, -0.15) is 4.98 Å². The molecule has 1 aromatic carbocycles. The zero-order valence-electron chi connectivity index (χ0n) is 16.0. The highest BCUT2D eigenvalue weighted by Crippen LogP contribution is 2.25. The van der Waals surface area contributed by atoms with Crippen molar-refractivity contribution in [2.45, 2.75) is 57.9 Å². The highest BCUT2D eigenvalue weighted by Gasteiger charge is 2.27. The van der Waals surface area contributed by atoms with Crippen LogP contribution in [0.15, 0.2) is 28.8 Å². The van der Waals surface area contributed by atoms with Crippen LogP contribution in [0.1, 0.15) is 56.9 Å². The second kappa shape index (κ2) is 9.85. The zero-order chi connectivity index (χ0) is 18.5. The van der Waals surface area contributed by atoms with Crippen LogP contribution in [-0.2, 0) is 11.2 Å². The molecular formula is C20H29ClN4O2. The zero-order valence-corrected chi connectivity index (χ0v) is 16.8. The van der Waals surface area contributed by atoms with E-state index in [4.69, 9.17) is 10.3 Å². The van der Waals surface area contributed by atoms with Crippen LogP contribution in [0.4, 0.5) is 0 Å². The number of nitrogens with two attached hydrogens (primary N) is 1. The highest BCUT2D eigenvalue weighted by molar-refractivity contribution is 5.85. The Hall–Kier alpha value is -1.92. The van der Waals surface area contributed by atoms with Crippen LogP contribution < -0.4 is 11.1 Å². The molecule has 1 fully saturated rings. The molecule has 1 saturated carbocycles. The molecule has 2 aromatic rings. The third-order valence-corrected chi connectivity index (χ3v) is 5.18. The largest absolute Gasteiger partial charge is 0.353 e. The number of hydrogen-bond acceptors (Lipinski definition) is 5. The van der Waals surface area contributed by atoms with Crippen molar-refractivity contribution in [3.05, 3.63) is 35.7 Å². The van der Waals surface area contributed by atoms with Gasteiger partial charge in [0.1, 0.15) is 0 Å². The van der Waals surface area contributed by atoms with Crippen LogP contribution in [0.25, 0.3) is 11.4 Å². The van der Waals surface area contributed by atoms with E-state index in [1.54, 1.807) is 0 Å². The molecule has 1 aliphatic rings. The van der Waals surface area contributed by atoms with E-state index in [2.05, 4.69) is 41.4 Å². The topological polar surface area (TPSA) is 94.0 Å². The summed E-state index contributed by atoms with van der Waals surface area (Å²) in [6.45, 7) is 4.95. The lowest BCUT2D eigenvalue weighted by Gasteiger charge is -2.19.